The van der Waals surface area contributed by atoms with Crippen LogP contribution in [0, 0.1) is 5.82 Å². The second-order valence-corrected chi connectivity index (χ2v) is 6.82. The van der Waals surface area contributed by atoms with Gasteiger partial charge in [0.15, 0.2) is 0 Å². The van der Waals surface area contributed by atoms with Gasteiger partial charge in [-0.3, -0.25) is 0 Å². The molecule has 0 radical (unpaired) electrons. The van der Waals surface area contributed by atoms with E-state index in [0.717, 1.165) is 17.7 Å². The minimum Gasteiger partial charge on any atom is -0.207 e. The first-order valence-electron chi connectivity index (χ1n) is 6.44. The van der Waals surface area contributed by atoms with Crippen LogP contribution >= 0.6 is 11.6 Å². The Hall–Kier alpha value is -1.43. The molecule has 0 bridgehead atoms. The molecule has 0 unspecified atom stereocenters. The molecular formula is C15H15ClFNO2S. The summed E-state index contributed by atoms with van der Waals surface area (Å²) in [6.07, 6.45) is 0. The smallest absolute Gasteiger partial charge is 0.207 e. The first kappa shape index (κ1) is 15.9. The molecule has 6 heteroatoms. The van der Waals surface area contributed by atoms with Gasteiger partial charge in [0.2, 0.25) is 10.0 Å². The highest BCUT2D eigenvalue weighted by Gasteiger charge is 2.23. The Morgan fingerprint density at radius 1 is 1.10 bits per heavy atom. The van der Waals surface area contributed by atoms with E-state index in [-0.39, 0.29) is 11.4 Å². The molecule has 0 fully saturated rings. The van der Waals surface area contributed by atoms with Crippen molar-refractivity contribution in [2.45, 2.75) is 18.4 Å². The van der Waals surface area contributed by atoms with Gasteiger partial charge in [-0.15, -0.1) is 0 Å². The first-order chi connectivity index (χ1) is 9.95. The average Bonchev–Trinajstić information content (AvgIpc) is 2.46. The molecule has 0 heterocycles. The summed E-state index contributed by atoms with van der Waals surface area (Å²) in [6.45, 7) is 2.22. The van der Waals surface area contributed by atoms with E-state index in [9.17, 15) is 12.8 Å². The van der Waals surface area contributed by atoms with Crippen LogP contribution < -0.4 is 0 Å². The second-order valence-electron chi connectivity index (χ2n) is 4.48. The van der Waals surface area contributed by atoms with Crippen molar-refractivity contribution in [1.82, 2.24) is 4.31 Å². The lowest BCUT2D eigenvalue weighted by atomic mass is 10.2. The van der Waals surface area contributed by atoms with Crippen LogP contribution in [0.1, 0.15) is 12.5 Å². The molecule has 0 saturated heterocycles. The molecule has 2 aromatic carbocycles. The summed E-state index contributed by atoms with van der Waals surface area (Å²) in [5.74, 6) is -0.469. The topological polar surface area (TPSA) is 37.4 Å². The van der Waals surface area contributed by atoms with Crippen molar-refractivity contribution in [2.75, 3.05) is 6.54 Å². The van der Waals surface area contributed by atoms with Gasteiger partial charge in [0.05, 0.1) is 4.90 Å². The van der Waals surface area contributed by atoms with E-state index in [1.807, 2.05) is 0 Å². The van der Waals surface area contributed by atoms with Gasteiger partial charge < -0.3 is 0 Å². The molecular weight excluding hydrogens is 313 g/mol. The van der Waals surface area contributed by atoms with Gasteiger partial charge in [-0.25, -0.2) is 12.8 Å². The third kappa shape index (κ3) is 3.61. The van der Waals surface area contributed by atoms with Crippen molar-refractivity contribution >= 4 is 21.6 Å². The van der Waals surface area contributed by atoms with Gasteiger partial charge in [0.25, 0.3) is 0 Å². The van der Waals surface area contributed by atoms with Gasteiger partial charge >= 0.3 is 0 Å². The van der Waals surface area contributed by atoms with E-state index < -0.39 is 15.8 Å². The summed E-state index contributed by atoms with van der Waals surface area (Å²) in [7, 11) is -3.67. The average molecular weight is 328 g/mol. The van der Waals surface area contributed by atoms with Crippen molar-refractivity contribution in [2.24, 2.45) is 0 Å². The fourth-order valence-electron chi connectivity index (χ4n) is 1.94. The third-order valence-corrected chi connectivity index (χ3v) is 5.41. The maximum absolute atomic E-state index is 12.9. The van der Waals surface area contributed by atoms with Crippen molar-refractivity contribution < 1.29 is 12.8 Å². The molecule has 21 heavy (non-hydrogen) atoms. The fraction of sp³-hybridized carbons (Fsp3) is 0.200. The van der Waals surface area contributed by atoms with E-state index >= 15 is 0 Å². The molecule has 0 spiro atoms. The summed E-state index contributed by atoms with van der Waals surface area (Å²) in [5.41, 5.74) is 0.728. The monoisotopic (exact) mass is 327 g/mol. The Labute approximate surface area is 129 Å². The zero-order chi connectivity index (χ0) is 15.5. The predicted molar refractivity (Wildman–Crippen MR) is 81.1 cm³/mol. The summed E-state index contributed by atoms with van der Waals surface area (Å²) < 4.78 is 39.3. The summed E-state index contributed by atoms with van der Waals surface area (Å²) >= 11 is 6.07. The molecule has 0 aliphatic carbocycles. The predicted octanol–water partition coefficient (Wildman–Crippen LogP) is 3.69. The highest BCUT2D eigenvalue weighted by Crippen LogP contribution is 2.22. The molecule has 0 N–H and O–H groups in total. The Morgan fingerprint density at radius 2 is 1.71 bits per heavy atom. The van der Waals surface area contributed by atoms with Crippen LogP contribution in [-0.2, 0) is 16.6 Å². The van der Waals surface area contributed by atoms with E-state index in [4.69, 9.17) is 11.6 Å². The maximum Gasteiger partial charge on any atom is 0.243 e. The molecule has 0 amide bonds. The van der Waals surface area contributed by atoms with E-state index in [1.54, 1.807) is 31.2 Å². The highest BCUT2D eigenvalue weighted by atomic mass is 35.5. The van der Waals surface area contributed by atoms with Gasteiger partial charge in [-0.2, -0.15) is 4.31 Å². The second kappa shape index (κ2) is 6.56. The number of halogens is 2. The number of sulfonamides is 1. The number of hydrogen-bond donors (Lipinski definition) is 0. The normalized spacial score (nSPS) is 11.8. The number of rotatable bonds is 5. The minimum atomic E-state index is -3.67. The number of benzene rings is 2. The fourth-order valence-corrected chi connectivity index (χ4v) is 3.56. The summed E-state index contributed by atoms with van der Waals surface area (Å²) in [4.78, 5) is 0.0674. The maximum atomic E-state index is 12.9. The van der Waals surface area contributed by atoms with E-state index in [2.05, 4.69) is 0 Å². The zero-order valence-corrected chi connectivity index (χ0v) is 13.0. The molecule has 2 rings (SSSR count). The van der Waals surface area contributed by atoms with Crippen molar-refractivity contribution in [3.63, 3.8) is 0 Å². The Balaban J connectivity index is 2.32. The Morgan fingerprint density at radius 3 is 2.29 bits per heavy atom. The quantitative estimate of drug-likeness (QED) is 0.840. The largest absolute Gasteiger partial charge is 0.243 e. The summed E-state index contributed by atoms with van der Waals surface area (Å²) in [5, 5.41) is 0.519. The minimum absolute atomic E-state index is 0.0674. The molecule has 3 nitrogen and oxygen atoms in total. The van der Waals surface area contributed by atoms with E-state index in [0.29, 0.717) is 11.6 Å². The van der Waals surface area contributed by atoms with Crippen LogP contribution in [0.5, 0.6) is 0 Å². The molecule has 112 valence electrons. The zero-order valence-electron chi connectivity index (χ0n) is 11.5. The molecule has 0 saturated carbocycles. The van der Waals surface area contributed by atoms with Crippen LogP contribution in [0.4, 0.5) is 4.39 Å². The molecule has 0 aromatic heterocycles. The highest BCUT2D eigenvalue weighted by molar-refractivity contribution is 7.89. The molecule has 0 atom stereocenters. The van der Waals surface area contributed by atoms with Crippen molar-refractivity contribution in [3.8, 4) is 0 Å². The lowest BCUT2D eigenvalue weighted by molar-refractivity contribution is 0.423. The number of hydrogen-bond acceptors (Lipinski definition) is 2. The van der Waals surface area contributed by atoms with Crippen molar-refractivity contribution in [1.29, 1.82) is 0 Å². The lowest BCUT2D eigenvalue weighted by Crippen LogP contribution is -2.30. The van der Waals surface area contributed by atoms with Gasteiger partial charge in [-0.1, -0.05) is 36.7 Å². The molecule has 0 aliphatic rings. The standard InChI is InChI=1S/C15H15ClFNO2S/c1-2-18(11-12-5-3-4-6-15(12)16)21(19,20)14-9-7-13(17)8-10-14/h3-10H,2,11H2,1H3. The SMILES string of the molecule is CCN(Cc1ccccc1Cl)S(=O)(=O)c1ccc(F)cc1. The van der Waals surface area contributed by atoms with Crippen LogP contribution in [0.3, 0.4) is 0 Å². The third-order valence-electron chi connectivity index (χ3n) is 3.11. The Kier molecular flexibility index (Phi) is 4.98. The van der Waals surface area contributed by atoms with E-state index in [1.165, 1.54) is 16.4 Å². The summed E-state index contributed by atoms with van der Waals surface area (Å²) in [6, 6.07) is 11.9. The Bertz CT molecular complexity index is 717. The van der Waals surface area contributed by atoms with Crippen LogP contribution in [-0.4, -0.2) is 19.3 Å². The van der Waals surface area contributed by atoms with Crippen LogP contribution in [0.2, 0.25) is 5.02 Å². The lowest BCUT2D eigenvalue weighted by Gasteiger charge is -2.21. The molecule has 2 aromatic rings. The number of nitrogens with zero attached hydrogens (tertiary/aromatic N) is 1. The van der Waals surface area contributed by atoms with Gasteiger partial charge in [-0.05, 0) is 35.9 Å². The van der Waals surface area contributed by atoms with Crippen molar-refractivity contribution in [3.05, 3.63) is 64.9 Å². The van der Waals surface area contributed by atoms with Crippen LogP contribution in [0.25, 0.3) is 0 Å². The first-order valence-corrected chi connectivity index (χ1v) is 8.26. The van der Waals surface area contributed by atoms with Gasteiger partial charge in [0.1, 0.15) is 5.82 Å². The van der Waals surface area contributed by atoms with Crippen LogP contribution in [0.15, 0.2) is 53.4 Å². The molecule has 0 aliphatic heterocycles. The van der Waals surface area contributed by atoms with Gasteiger partial charge in [0, 0.05) is 18.1 Å².